The van der Waals surface area contributed by atoms with Gasteiger partial charge in [0.15, 0.2) is 0 Å². The van der Waals surface area contributed by atoms with Crippen molar-refractivity contribution in [3.8, 4) is 0 Å². The van der Waals surface area contributed by atoms with Crippen molar-refractivity contribution in [3.05, 3.63) is 65.5 Å². The van der Waals surface area contributed by atoms with E-state index in [0.29, 0.717) is 19.0 Å². The van der Waals surface area contributed by atoms with Gasteiger partial charge in [0.05, 0.1) is 11.9 Å². The van der Waals surface area contributed by atoms with E-state index in [2.05, 4.69) is 34.8 Å². The van der Waals surface area contributed by atoms with Crippen LogP contribution in [0.15, 0.2) is 48.8 Å². The van der Waals surface area contributed by atoms with Gasteiger partial charge in [-0.2, -0.15) is 0 Å². The third kappa shape index (κ3) is 4.45. The molecule has 0 saturated carbocycles. The van der Waals surface area contributed by atoms with E-state index in [4.69, 9.17) is 5.73 Å². The molecule has 0 aliphatic carbocycles. The maximum atomic E-state index is 12.9. The van der Waals surface area contributed by atoms with E-state index in [9.17, 15) is 9.59 Å². The second kappa shape index (κ2) is 8.63. The fourth-order valence-electron chi connectivity index (χ4n) is 3.86. The van der Waals surface area contributed by atoms with Crippen LogP contribution in [0, 0.1) is 0 Å². The number of hydrogen-bond acceptors (Lipinski definition) is 4. The van der Waals surface area contributed by atoms with Crippen molar-refractivity contribution in [2.45, 2.75) is 19.8 Å². The van der Waals surface area contributed by atoms with Gasteiger partial charge in [-0.05, 0) is 35.8 Å². The van der Waals surface area contributed by atoms with Crippen LogP contribution in [0.1, 0.15) is 41.3 Å². The van der Waals surface area contributed by atoms with Gasteiger partial charge in [0.2, 0.25) is 5.91 Å². The molecular weight excluding hydrogens is 390 g/mol. The minimum absolute atomic E-state index is 0.0769. The number of hydrogen-bond donors (Lipinski definition) is 2. The lowest BCUT2D eigenvalue weighted by molar-refractivity contribution is -0.113. The molecule has 7 heteroatoms. The molecule has 7 nitrogen and oxygen atoms in total. The molecule has 0 radical (unpaired) electrons. The molecule has 31 heavy (non-hydrogen) atoms. The maximum Gasteiger partial charge on any atom is 0.253 e. The summed E-state index contributed by atoms with van der Waals surface area (Å²) in [6, 6.07) is 9.98. The number of anilines is 1. The Morgan fingerprint density at radius 1 is 1.13 bits per heavy atom. The summed E-state index contributed by atoms with van der Waals surface area (Å²) in [5.41, 5.74) is 9.79. The number of carbonyl (C=O) groups excluding carboxylic acids is 2. The summed E-state index contributed by atoms with van der Waals surface area (Å²) in [5.74, 6) is 0.0385. The lowest BCUT2D eigenvalue weighted by atomic mass is 10.0. The number of piperazine rings is 1. The standard InChI is InChI=1S/C24H27N5O2/c1-16(2)17-3-5-18(6-4-17)24(31)29-11-9-28(10-12-29)20-13-21-19(7-8-22(25)30)14-26-23(21)27-15-20/h3-8,13-16H,9-12H2,1-2H3,(H2,25,30)(H,26,27). The third-order valence-corrected chi connectivity index (χ3v) is 5.73. The number of rotatable bonds is 5. The number of H-pyrrole nitrogens is 1. The summed E-state index contributed by atoms with van der Waals surface area (Å²) < 4.78 is 0. The van der Waals surface area contributed by atoms with Crippen molar-refractivity contribution in [2.75, 3.05) is 31.1 Å². The Labute approximate surface area is 181 Å². The van der Waals surface area contributed by atoms with Crippen molar-refractivity contribution >= 4 is 34.6 Å². The largest absolute Gasteiger partial charge is 0.367 e. The lowest BCUT2D eigenvalue weighted by Gasteiger charge is -2.36. The number of benzene rings is 1. The van der Waals surface area contributed by atoms with Gasteiger partial charge < -0.3 is 20.5 Å². The number of aromatic amines is 1. The first kappa shape index (κ1) is 20.7. The van der Waals surface area contributed by atoms with Crippen molar-refractivity contribution < 1.29 is 9.59 Å². The molecule has 2 amide bonds. The summed E-state index contributed by atoms with van der Waals surface area (Å²) >= 11 is 0. The Bertz CT molecular complexity index is 1120. The van der Waals surface area contributed by atoms with Gasteiger partial charge in [-0.1, -0.05) is 26.0 Å². The van der Waals surface area contributed by atoms with Gasteiger partial charge in [-0.15, -0.1) is 0 Å². The normalized spacial score (nSPS) is 14.7. The first-order valence-electron chi connectivity index (χ1n) is 10.5. The van der Waals surface area contributed by atoms with Crippen LogP contribution < -0.4 is 10.6 Å². The van der Waals surface area contributed by atoms with Gasteiger partial charge >= 0.3 is 0 Å². The van der Waals surface area contributed by atoms with Gasteiger partial charge in [0.25, 0.3) is 5.91 Å². The molecule has 1 saturated heterocycles. The number of nitrogens with two attached hydrogens (primary N) is 1. The molecule has 0 unspecified atom stereocenters. The van der Waals surface area contributed by atoms with Gasteiger partial charge in [0.1, 0.15) is 5.65 Å². The molecule has 3 N–H and O–H groups in total. The Morgan fingerprint density at radius 3 is 2.48 bits per heavy atom. The highest BCUT2D eigenvalue weighted by Crippen LogP contribution is 2.25. The molecule has 0 atom stereocenters. The summed E-state index contributed by atoms with van der Waals surface area (Å²) in [4.78, 5) is 35.7. The van der Waals surface area contributed by atoms with E-state index in [1.54, 1.807) is 6.08 Å². The average molecular weight is 418 g/mol. The molecule has 3 heterocycles. The lowest BCUT2D eigenvalue weighted by Crippen LogP contribution is -2.48. The third-order valence-electron chi connectivity index (χ3n) is 5.73. The zero-order valence-electron chi connectivity index (χ0n) is 17.8. The van der Waals surface area contributed by atoms with Crippen LogP contribution in [0.3, 0.4) is 0 Å². The van der Waals surface area contributed by atoms with E-state index >= 15 is 0 Å². The number of fused-ring (bicyclic) bond motifs is 1. The number of nitrogens with one attached hydrogen (secondary N) is 1. The van der Waals surface area contributed by atoms with Crippen LogP contribution in [0.2, 0.25) is 0 Å². The van der Waals surface area contributed by atoms with E-state index in [1.165, 1.54) is 11.6 Å². The molecule has 1 fully saturated rings. The fraction of sp³-hybridized carbons (Fsp3) is 0.292. The first-order chi connectivity index (χ1) is 14.9. The second-order valence-corrected chi connectivity index (χ2v) is 8.13. The molecule has 160 valence electrons. The highest BCUT2D eigenvalue weighted by molar-refractivity contribution is 5.96. The topological polar surface area (TPSA) is 95.3 Å². The zero-order chi connectivity index (χ0) is 22.0. The highest BCUT2D eigenvalue weighted by Gasteiger charge is 2.23. The minimum atomic E-state index is -0.488. The molecule has 3 aromatic rings. The number of pyridine rings is 1. The predicted octanol–water partition coefficient (Wildman–Crippen LogP) is 3.15. The molecule has 4 rings (SSSR count). The van der Waals surface area contributed by atoms with Crippen molar-refractivity contribution in [1.29, 1.82) is 0 Å². The maximum absolute atomic E-state index is 12.9. The summed E-state index contributed by atoms with van der Waals surface area (Å²) in [6.07, 6.45) is 6.67. The Kier molecular flexibility index (Phi) is 5.75. The van der Waals surface area contributed by atoms with Gasteiger partial charge in [-0.3, -0.25) is 9.59 Å². The molecule has 2 aromatic heterocycles. The molecule has 0 bridgehead atoms. The number of primary amides is 1. The summed E-state index contributed by atoms with van der Waals surface area (Å²) in [5, 5.41) is 0.929. The van der Waals surface area contributed by atoms with E-state index in [-0.39, 0.29) is 5.91 Å². The average Bonchev–Trinajstić information content (AvgIpc) is 3.19. The zero-order valence-corrected chi connectivity index (χ0v) is 17.8. The van der Waals surface area contributed by atoms with Crippen molar-refractivity contribution in [2.24, 2.45) is 5.73 Å². The van der Waals surface area contributed by atoms with Crippen LogP contribution in [0.25, 0.3) is 17.1 Å². The minimum Gasteiger partial charge on any atom is -0.367 e. The Balaban J connectivity index is 1.44. The number of aromatic nitrogens is 2. The molecule has 1 aliphatic rings. The van der Waals surface area contributed by atoms with Gasteiger partial charge in [0, 0.05) is 55.0 Å². The molecule has 1 aromatic carbocycles. The van der Waals surface area contributed by atoms with Crippen molar-refractivity contribution in [1.82, 2.24) is 14.9 Å². The molecule has 1 aliphatic heterocycles. The van der Waals surface area contributed by atoms with Crippen LogP contribution in [-0.4, -0.2) is 52.9 Å². The second-order valence-electron chi connectivity index (χ2n) is 8.13. The first-order valence-corrected chi connectivity index (χ1v) is 10.5. The summed E-state index contributed by atoms with van der Waals surface area (Å²) in [6.45, 7) is 7.08. The van der Waals surface area contributed by atoms with Crippen LogP contribution in [-0.2, 0) is 4.79 Å². The molecule has 0 spiro atoms. The predicted molar refractivity (Wildman–Crippen MR) is 123 cm³/mol. The summed E-state index contributed by atoms with van der Waals surface area (Å²) in [7, 11) is 0. The quantitative estimate of drug-likeness (QED) is 0.624. The fourth-order valence-corrected chi connectivity index (χ4v) is 3.86. The van der Waals surface area contributed by atoms with E-state index in [1.807, 2.05) is 41.6 Å². The SMILES string of the molecule is CC(C)c1ccc(C(=O)N2CCN(c3cnc4[nH]cc(C=CC(N)=O)c4c3)CC2)cc1. The van der Waals surface area contributed by atoms with Crippen LogP contribution >= 0.6 is 0 Å². The molecular formula is C24H27N5O2. The van der Waals surface area contributed by atoms with Crippen LogP contribution in [0.5, 0.6) is 0 Å². The smallest absolute Gasteiger partial charge is 0.253 e. The van der Waals surface area contributed by atoms with E-state index in [0.717, 1.165) is 40.9 Å². The number of carbonyl (C=O) groups is 2. The van der Waals surface area contributed by atoms with Crippen LogP contribution in [0.4, 0.5) is 5.69 Å². The Hall–Kier alpha value is -3.61. The van der Waals surface area contributed by atoms with E-state index < -0.39 is 5.91 Å². The number of amides is 2. The number of nitrogens with zero attached hydrogens (tertiary/aromatic N) is 3. The van der Waals surface area contributed by atoms with Crippen molar-refractivity contribution in [3.63, 3.8) is 0 Å². The Morgan fingerprint density at radius 2 is 1.84 bits per heavy atom. The van der Waals surface area contributed by atoms with Gasteiger partial charge in [-0.25, -0.2) is 4.98 Å². The monoisotopic (exact) mass is 417 g/mol. The highest BCUT2D eigenvalue weighted by atomic mass is 16.2.